The number of nitrogens with two attached hydrogens (primary N) is 1. The molecule has 1 aromatic carbocycles. The highest BCUT2D eigenvalue weighted by atomic mass is 16.6. The lowest BCUT2D eigenvalue weighted by Crippen LogP contribution is -2.31. The minimum absolute atomic E-state index is 0.0560. The van der Waals surface area contributed by atoms with Gasteiger partial charge in [0.15, 0.2) is 0 Å². The fourth-order valence-electron chi connectivity index (χ4n) is 2.54. The first kappa shape index (κ1) is 14.3. The van der Waals surface area contributed by atoms with Gasteiger partial charge in [-0.15, -0.1) is 0 Å². The van der Waals surface area contributed by atoms with E-state index < -0.39 is 4.92 Å². The Bertz CT molecular complexity index is 532. The van der Waals surface area contributed by atoms with E-state index in [2.05, 4.69) is 5.32 Å². The normalized spacial score (nSPS) is 18.2. The molecule has 0 aliphatic carbocycles. The van der Waals surface area contributed by atoms with Crippen molar-refractivity contribution in [2.24, 2.45) is 5.92 Å². The molecule has 1 atom stereocenters. The molecule has 1 unspecified atom stereocenters. The highest BCUT2D eigenvalue weighted by Crippen LogP contribution is 2.27. The van der Waals surface area contributed by atoms with Crippen molar-refractivity contribution in [1.82, 2.24) is 10.2 Å². The van der Waals surface area contributed by atoms with Crippen LogP contribution in [-0.2, 0) is 0 Å². The lowest BCUT2D eigenvalue weighted by molar-refractivity contribution is -0.383. The fourth-order valence-corrected chi connectivity index (χ4v) is 2.54. The molecule has 0 radical (unpaired) electrons. The van der Waals surface area contributed by atoms with Crippen LogP contribution < -0.4 is 11.1 Å². The topological polar surface area (TPSA) is 102 Å². The molecule has 1 fully saturated rings. The molecule has 0 bridgehead atoms. The van der Waals surface area contributed by atoms with E-state index >= 15 is 0 Å². The van der Waals surface area contributed by atoms with Gasteiger partial charge in [-0.1, -0.05) is 6.07 Å². The minimum atomic E-state index is -0.570. The van der Waals surface area contributed by atoms with Gasteiger partial charge < -0.3 is 16.0 Å². The van der Waals surface area contributed by atoms with Gasteiger partial charge in [0.2, 0.25) is 0 Å². The van der Waals surface area contributed by atoms with Gasteiger partial charge in [-0.3, -0.25) is 14.9 Å². The number of nitro benzene ring substituents is 1. The van der Waals surface area contributed by atoms with Crippen LogP contribution in [0.25, 0.3) is 0 Å². The summed E-state index contributed by atoms with van der Waals surface area (Å²) in [6, 6.07) is 4.33. The molecule has 1 amide bonds. The van der Waals surface area contributed by atoms with Gasteiger partial charge in [-0.25, -0.2) is 0 Å². The van der Waals surface area contributed by atoms with Crippen LogP contribution in [0.15, 0.2) is 18.2 Å². The summed E-state index contributed by atoms with van der Waals surface area (Å²) in [4.78, 5) is 24.4. The van der Waals surface area contributed by atoms with Gasteiger partial charge in [0, 0.05) is 19.2 Å². The number of amides is 1. The number of anilines is 1. The van der Waals surface area contributed by atoms with E-state index in [0.29, 0.717) is 19.0 Å². The molecule has 1 aliphatic heterocycles. The smallest absolute Gasteiger partial charge is 0.292 e. The van der Waals surface area contributed by atoms with Crippen LogP contribution in [0.4, 0.5) is 11.4 Å². The average molecular weight is 278 g/mol. The van der Waals surface area contributed by atoms with Crippen molar-refractivity contribution in [3.05, 3.63) is 33.9 Å². The van der Waals surface area contributed by atoms with Crippen molar-refractivity contribution in [2.45, 2.75) is 6.42 Å². The van der Waals surface area contributed by atoms with E-state index in [0.717, 1.165) is 13.0 Å². The lowest BCUT2D eigenvalue weighted by Gasteiger charge is -2.17. The van der Waals surface area contributed by atoms with Crippen molar-refractivity contribution in [3.63, 3.8) is 0 Å². The van der Waals surface area contributed by atoms with E-state index in [9.17, 15) is 14.9 Å². The van der Waals surface area contributed by atoms with E-state index in [1.165, 1.54) is 18.2 Å². The summed E-state index contributed by atoms with van der Waals surface area (Å²) in [5.74, 6) is 0.189. The van der Waals surface area contributed by atoms with Crippen LogP contribution in [0.1, 0.15) is 16.8 Å². The van der Waals surface area contributed by atoms with Crippen molar-refractivity contribution >= 4 is 17.3 Å². The van der Waals surface area contributed by atoms with Crippen LogP contribution >= 0.6 is 0 Å². The van der Waals surface area contributed by atoms with Crippen LogP contribution in [0, 0.1) is 16.0 Å². The van der Waals surface area contributed by atoms with Gasteiger partial charge in [-0.2, -0.15) is 0 Å². The number of hydrogen-bond acceptors (Lipinski definition) is 5. The maximum atomic E-state index is 12.4. The Kier molecular flexibility index (Phi) is 4.19. The lowest BCUT2D eigenvalue weighted by atomic mass is 10.1. The van der Waals surface area contributed by atoms with Crippen molar-refractivity contribution in [3.8, 4) is 0 Å². The zero-order valence-electron chi connectivity index (χ0n) is 11.3. The molecular weight excluding hydrogens is 260 g/mol. The first-order valence-corrected chi connectivity index (χ1v) is 6.51. The predicted octanol–water partition coefficient (Wildman–Crippen LogP) is 0.858. The molecule has 108 valence electrons. The molecule has 0 saturated carbocycles. The summed E-state index contributed by atoms with van der Waals surface area (Å²) >= 11 is 0. The predicted molar refractivity (Wildman–Crippen MR) is 75.4 cm³/mol. The van der Waals surface area contributed by atoms with E-state index in [1.54, 1.807) is 4.90 Å². The van der Waals surface area contributed by atoms with Crippen LogP contribution in [0.3, 0.4) is 0 Å². The second kappa shape index (κ2) is 5.87. The molecule has 1 heterocycles. The molecule has 1 aliphatic rings. The SMILES string of the molecule is CNCC1CCN(C(=O)c2cccc([N+](=O)[O-])c2N)C1. The number of likely N-dealkylation sites (tertiary alicyclic amines) is 1. The Hall–Kier alpha value is -2.15. The summed E-state index contributed by atoms with van der Waals surface area (Å²) in [5.41, 5.74) is 5.68. The zero-order valence-corrected chi connectivity index (χ0v) is 11.3. The number of benzene rings is 1. The molecule has 1 saturated heterocycles. The molecule has 2 rings (SSSR count). The van der Waals surface area contributed by atoms with Crippen molar-refractivity contribution in [2.75, 3.05) is 32.4 Å². The largest absolute Gasteiger partial charge is 0.393 e. The number of hydrogen-bond donors (Lipinski definition) is 2. The Labute approximate surface area is 116 Å². The molecule has 20 heavy (non-hydrogen) atoms. The molecule has 7 nitrogen and oxygen atoms in total. The van der Waals surface area contributed by atoms with Crippen molar-refractivity contribution in [1.29, 1.82) is 0 Å². The summed E-state index contributed by atoms with van der Waals surface area (Å²) < 4.78 is 0. The third-order valence-electron chi connectivity index (χ3n) is 3.58. The number of carbonyl (C=O) groups excluding carboxylic acids is 1. The Balaban J connectivity index is 2.18. The van der Waals surface area contributed by atoms with Crippen LogP contribution in [-0.4, -0.2) is 42.4 Å². The summed E-state index contributed by atoms with van der Waals surface area (Å²) in [6.45, 7) is 2.17. The summed E-state index contributed by atoms with van der Waals surface area (Å²) in [7, 11) is 1.88. The second-order valence-corrected chi connectivity index (χ2v) is 4.96. The maximum Gasteiger partial charge on any atom is 0.292 e. The van der Waals surface area contributed by atoms with Gasteiger partial charge in [-0.05, 0) is 32.0 Å². The summed E-state index contributed by atoms with van der Waals surface area (Å²) in [6.07, 6.45) is 0.932. The number of nitrogens with one attached hydrogen (secondary N) is 1. The molecule has 1 aromatic rings. The zero-order chi connectivity index (χ0) is 14.7. The standard InChI is InChI=1S/C13H18N4O3/c1-15-7-9-5-6-16(8-9)13(18)10-3-2-4-11(12(10)14)17(19)20/h2-4,9,15H,5-8,14H2,1H3. The maximum absolute atomic E-state index is 12.4. The van der Waals surface area contributed by atoms with Gasteiger partial charge in [0.25, 0.3) is 11.6 Å². The Morgan fingerprint density at radius 3 is 3.00 bits per heavy atom. The molecular formula is C13H18N4O3. The fraction of sp³-hybridized carbons (Fsp3) is 0.462. The van der Waals surface area contributed by atoms with Gasteiger partial charge in [0.1, 0.15) is 5.69 Å². The highest BCUT2D eigenvalue weighted by molar-refractivity contribution is 6.01. The third kappa shape index (κ3) is 2.72. The minimum Gasteiger partial charge on any atom is -0.393 e. The van der Waals surface area contributed by atoms with E-state index in [4.69, 9.17) is 5.73 Å². The number of para-hydroxylation sites is 1. The Morgan fingerprint density at radius 2 is 2.35 bits per heavy atom. The second-order valence-electron chi connectivity index (χ2n) is 4.96. The monoisotopic (exact) mass is 278 g/mol. The van der Waals surface area contributed by atoms with E-state index in [-0.39, 0.29) is 22.8 Å². The number of nitrogen functional groups attached to an aromatic ring is 1. The first-order valence-electron chi connectivity index (χ1n) is 6.51. The first-order chi connectivity index (χ1) is 9.54. The third-order valence-corrected chi connectivity index (χ3v) is 3.58. The molecule has 3 N–H and O–H groups in total. The van der Waals surface area contributed by atoms with Crippen LogP contribution in [0.5, 0.6) is 0 Å². The van der Waals surface area contributed by atoms with E-state index in [1.807, 2.05) is 7.05 Å². The van der Waals surface area contributed by atoms with Gasteiger partial charge in [0.05, 0.1) is 10.5 Å². The quantitative estimate of drug-likeness (QED) is 0.483. The van der Waals surface area contributed by atoms with Crippen molar-refractivity contribution < 1.29 is 9.72 Å². The van der Waals surface area contributed by atoms with Gasteiger partial charge >= 0.3 is 0 Å². The number of carbonyl (C=O) groups is 1. The number of rotatable bonds is 4. The molecule has 7 heteroatoms. The average Bonchev–Trinajstić information content (AvgIpc) is 2.87. The molecule has 0 aromatic heterocycles. The number of nitro groups is 1. The Morgan fingerprint density at radius 1 is 1.60 bits per heavy atom. The number of nitrogens with zero attached hydrogens (tertiary/aromatic N) is 2. The summed E-state index contributed by atoms with van der Waals surface area (Å²) in [5, 5.41) is 13.9. The molecule has 0 spiro atoms. The van der Waals surface area contributed by atoms with Crippen LogP contribution in [0.2, 0.25) is 0 Å². The highest BCUT2D eigenvalue weighted by Gasteiger charge is 2.29.